The number of hydrogen-bond donors (Lipinski definition) is 3. The van der Waals surface area contributed by atoms with E-state index in [4.69, 9.17) is 9.84 Å². The van der Waals surface area contributed by atoms with Crippen LogP contribution >= 0.6 is 0 Å². The summed E-state index contributed by atoms with van der Waals surface area (Å²) in [5.41, 5.74) is 0.909. The summed E-state index contributed by atoms with van der Waals surface area (Å²) in [5.74, 6) is 0. The first-order chi connectivity index (χ1) is 10.5. The molecule has 22 heavy (non-hydrogen) atoms. The summed E-state index contributed by atoms with van der Waals surface area (Å²) in [5, 5.41) is 14.5. The monoisotopic (exact) mass is 314 g/mol. The van der Waals surface area contributed by atoms with E-state index in [1.807, 2.05) is 30.3 Å². The van der Waals surface area contributed by atoms with E-state index in [0.717, 1.165) is 5.56 Å². The number of benzene rings is 1. The third kappa shape index (κ3) is 5.23. The lowest BCUT2D eigenvalue weighted by Crippen LogP contribution is -2.54. The number of amides is 1. The van der Waals surface area contributed by atoms with Crippen molar-refractivity contribution in [1.82, 2.24) is 10.6 Å². The van der Waals surface area contributed by atoms with Crippen LogP contribution in [0.2, 0.25) is 0 Å². The van der Waals surface area contributed by atoms with Crippen molar-refractivity contribution in [3.63, 3.8) is 0 Å². The number of nitrogens with one attached hydrogen (secondary N) is 2. The molecule has 0 spiro atoms. The van der Waals surface area contributed by atoms with Crippen LogP contribution in [0, 0.1) is 0 Å². The predicted octanol–water partition coefficient (Wildman–Crippen LogP) is 1.66. The van der Waals surface area contributed by atoms with Gasteiger partial charge in [-0.25, -0.2) is 13.6 Å². The minimum absolute atomic E-state index is 0.0236. The van der Waals surface area contributed by atoms with Gasteiger partial charge >= 0.3 is 6.09 Å². The molecule has 3 N–H and O–H groups in total. The summed E-state index contributed by atoms with van der Waals surface area (Å²) >= 11 is 0. The Morgan fingerprint density at radius 2 is 1.95 bits per heavy atom. The van der Waals surface area contributed by atoms with Gasteiger partial charge in [0.15, 0.2) is 0 Å². The number of aliphatic hydroxyl groups excluding tert-OH is 1. The van der Waals surface area contributed by atoms with Crippen molar-refractivity contribution in [3.8, 4) is 0 Å². The fraction of sp³-hybridized carbons (Fsp3) is 0.533. The van der Waals surface area contributed by atoms with Crippen LogP contribution in [-0.2, 0) is 11.3 Å². The number of alkyl halides is 2. The molecule has 5 nitrogen and oxygen atoms in total. The van der Waals surface area contributed by atoms with Crippen molar-refractivity contribution < 1.29 is 23.4 Å². The minimum Gasteiger partial charge on any atom is -0.445 e. The molecule has 0 bridgehead atoms. The standard InChI is InChI=1S/C15H20F2N2O3/c16-14(17)13(20)8-18-11-6-12(7-11)19-15(21)22-9-10-4-2-1-3-5-10/h1-5,11-14,18,20H,6-9H2,(H,19,21). The molecular formula is C15H20F2N2O3. The molecule has 7 heteroatoms. The predicted molar refractivity (Wildman–Crippen MR) is 76.6 cm³/mol. The molecule has 0 heterocycles. The van der Waals surface area contributed by atoms with E-state index in [1.54, 1.807) is 0 Å². The second-order valence-corrected chi connectivity index (χ2v) is 5.38. The fourth-order valence-electron chi connectivity index (χ4n) is 2.21. The highest BCUT2D eigenvalue weighted by Crippen LogP contribution is 2.20. The lowest BCUT2D eigenvalue weighted by molar-refractivity contribution is -0.00658. The van der Waals surface area contributed by atoms with Crippen LogP contribution in [0.1, 0.15) is 18.4 Å². The Kier molecular flexibility index (Phi) is 6.09. The van der Waals surface area contributed by atoms with Gasteiger partial charge in [0, 0.05) is 18.6 Å². The molecule has 122 valence electrons. The van der Waals surface area contributed by atoms with E-state index in [1.165, 1.54) is 0 Å². The Morgan fingerprint density at radius 1 is 1.27 bits per heavy atom. The van der Waals surface area contributed by atoms with Crippen LogP contribution < -0.4 is 10.6 Å². The highest BCUT2D eigenvalue weighted by Gasteiger charge is 2.31. The molecule has 0 aliphatic heterocycles. The lowest BCUT2D eigenvalue weighted by Gasteiger charge is -2.36. The van der Waals surface area contributed by atoms with Crippen LogP contribution in [0.4, 0.5) is 13.6 Å². The zero-order chi connectivity index (χ0) is 15.9. The molecule has 2 rings (SSSR count). The first kappa shape index (κ1) is 16.6. The molecule has 0 saturated heterocycles. The van der Waals surface area contributed by atoms with E-state index in [2.05, 4.69) is 10.6 Å². The molecule has 1 unspecified atom stereocenters. The molecule has 1 amide bonds. The minimum atomic E-state index is -2.74. The number of carbonyl (C=O) groups is 1. The smallest absolute Gasteiger partial charge is 0.407 e. The van der Waals surface area contributed by atoms with Gasteiger partial charge in [0.2, 0.25) is 0 Å². The SMILES string of the molecule is O=C(NC1CC(NCC(O)C(F)F)C1)OCc1ccccc1. The van der Waals surface area contributed by atoms with E-state index < -0.39 is 18.6 Å². The zero-order valence-electron chi connectivity index (χ0n) is 12.0. The summed E-state index contributed by atoms with van der Waals surface area (Å²) in [6, 6.07) is 9.36. The van der Waals surface area contributed by atoms with Crippen LogP contribution in [0.25, 0.3) is 0 Å². The molecule has 1 aliphatic rings. The highest BCUT2D eigenvalue weighted by molar-refractivity contribution is 5.67. The van der Waals surface area contributed by atoms with Gasteiger partial charge in [0.1, 0.15) is 12.7 Å². The Morgan fingerprint density at radius 3 is 2.59 bits per heavy atom. The van der Waals surface area contributed by atoms with Gasteiger partial charge in [0.25, 0.3) is 6.43 Å². The maximum atomic E-state index is 12.1. The summed E-state index contributed by atoms with van der Waals surface area (Å²) in [6.07, 6.45) is -3.61. The fourth-order valence-corrected chi connectivity index (χ4v) is 2.21. The van der Waals surface area contributed by atoms with Crippen molar-refractivity contribution in [2.45, 2.75) is 44.1 Å². The lowest BCUT2D eigenvalue weighted by atomic mass is 9.87. The Labute approximate surface area is 127 Å². The van der Waals surface area contributed by atoms with Gasteiger partial charge in [0.05, 0.1) is 0 Å². The molecule has 1 aliphatic carbocycles. The summed E-state index contributed by atoms with van der Waals surface area (Å²) < 4.78 is 29.3. The van der Waals surface area contributed by atoms with E-state index >= 15 is 0 Å². The summed E-state index contributed by atoms with van der Waals surface area (Å²) in [7, 11) is 0. The third-order valence-corrected chi connectivity index (χ3v) is 3.58. The van der Waals surface area contributed by atoms with Gasteiger partial charge < -0.3 is 20.5 Å². The summed E-state index contributed by atoms with van der Waals surface area (Å²) in [4.78, 5) is 11.6. The molecule has 0 radical (unpaired) electrons. The van der Waals surface area contributed by atoms with Crippen molar-refractivity contribution in [2.24, 2.45) is 0 Å². The second-order valence-electron chi connectivity index (χ2n) is 5.38. The maximum Gasteiger partial charge on any atom is 0.407 e. The molecular weight excluding hydrogens is 294 g/mol. The first-order valence-corrected chi connectivity index (χ1v) is 7.21. The van der Waals surface area contributed by atoms with Gasteiger partial charge in [-0.2, -0.15) is 0 Å². The second kappa shape index (κ2) is 8.05. The van der Waals surface area contributed by atoms with Crippen LogP contribution in [0.3, 0.4) is 0 Å². The molecule has 1 aromatic carbocycles. The van der Waals surface area contributed by atoms with Crippen LogP contribution in [-0.4, -0.2) is 42.4 Å². The van der Waals surface area contributed by atoms with E-state index in [-0.39, 0.29) is 25.2 Å². The van der Waals surface area contributed by atoms with E-state index in [9.17, 15) is 13.6 Å². The molecule has 0 aromatic heterocycles. The Bertz CT molecular complexity index is 467. The first-order valence-electron chi connectivity index (χ1n) is 7.21. The van der Waals surface area contributed by atoms with Gasteiger partial charge in [-0.1, -0.05) is 30.3 Å². The normalized spacial score (nSPS) is 22.0. The van der Waals surface area contributed by atoms with E-state index in [0.29, 0.717) is 12.8 Å². The van der Waals surface area contributed by atoms with Gasteiger partial charge in [-0.3, -0.25) is 0 Å². The zero-order valence-corrected chi connectivity index (χ0v) is 12.0. The Hall–Kier alpha value is -1.73. The quantitative estimate of drug-likeness (QED) is 0.716. The Balaban J connectivity index is 1.56. The molecule has 1 atom stereocenters. The average molecular weight is 314 g/mol. The summed E-state index contributed by atoms with van der Waals surface area (Å²) in [6.45, 7) is 0.0646. The number of carbonyl (C=O) groups excluding carboxylic acids is 1. The highest BCUT2D eigenvalue weighted by atomic mass is 19.3. The van der Waals surface area contributed by atoms with Crippen molar-refractivity contribution in [2.75, 3.05) is 6.54 Å². The number of ether oxygens (including phenoxy) is 1. The van der Waals surface area contributed by atoms with Crippen molar-refractivity contribution in [3.05, 3.63) is 35.9 Å². The molecule has 1 aromatic rings. The molecule has 1 fully saturated rings. The average Bonchev–Trinajstić information content (AvgIpc) is 2.47. The van der Waals surface area contributed by atoms with Crippen LogP contribution in [0.15, 0.2) is 30.3 Å². The maximum absolute atomic E-state index is 12.1. The topological polar surface area (TPSA) is 70.6 Å². The number of rotatable bonds is 7. The van der Waals surface area contributed by atoms with Gasteiger partial charge in [-0.05, 0) is 18.4 Å². The molecule has 1 saturated carbocycles. The number of hydrogen-bond acceptors (Lipinski definition) is 4. The van der Waals surface area contributed by atoms with Crippen molar-refractivity contribution >= 4 is 6.09 Å². The number of aliphatic hydroxyl groups is 1. The largest absolute Gasteiger partial charge is 0.445 e. The third-order valence-electron chi connectivity index (χ3n) is 3.58. The van der Waals surface area contributed by atoms with Crippen molar-refractivity contribution in [1.29, 1.82) is 0 Å². The van der Waals surface area contributed by atoms with Crippen LogP contribution in [0.5, 0.6) is 0 Å². The van der Waals surface area contributed by atoms with Gasteiger partial charge in [-0.15, -0.1) is 0 Å². The number of halogens is 2. The number of alkyl carbamates (subject to hydrolysis) is 1.